The molecule has 0 atom stereocenters. The third kappa shape index (κ3) is 2.38. The van der Waals surface area contributed by atoms with E-state index in [-0.39, 0.29) is 0 Å². The number of benzene rings is 2. The molecule has 0 N–H and O–H groups in total. The topological polar surface area (TPSA) is 42.5 Å². The van der Waals surface area contributed by atoms with Gasteiger partial charge in [0.1, 0.15) is 0 Å². The summed E-state index contributed by atoms with van der Waals surface area (Å²) in [4.78, 5) is 4.17. The molecule has 0 saturated heterocycles. The van der Waals surface area contributed by atoms with Crippen LogP contribution in [0.4, 0.5) is 11.6 Å². The summed E-state index contributed by atoms with van der Waals surface area (Å²) in [5.74, 6) is 0.635. The van der Waals surface area contributed by atoms with Gasteiger partial charge < -0.3 is 4.57 Å². The van der Waals surface area contributed by atoms with Gasteiger partial charge in [-0.1, -0.05) is 30.3 Å². The van der Waals surface area contributed by atoms with Crippen LogP contribution in [0.2, 0.25) is 0 Å². The lowest BCUT2D eigenvalue weighted by molar-refractivity contribution is 0.758. The van der Waals surface area contributed by atoms with Gasteiger partial charge in [0.15, 0.2) is 0 Å². The lowest BCUT2D eigenvalue weighted by atomic mass is 10.1. The van der Waals surface area contributed by atoms with Crippen molar-refractivity contribution in [1.29, 1.82) is 0 Å². The van der Waals surface area contributed by atoms with Gasteiger partial charge in [-0.2, -0.15) is 0 Å². The van der Waals surface area contributed by atoms with E-state index in [2.05, 4.69) is 40.3 Å². The second-order valence-corrected chi connectivity index (χ2v) is 4.24. The minimum absolute atomic E-state index is 0.635. The van der Waals surface area contributed by atoms with Gasteiger partial charge in [-0.3, -0.25) is 0 Å². The SMILES string of the molecule is CCn1ccnc1N=Nc1ccc2ccccc2c1. The van der Waals surface area contributed by atoms with E-state index in [1.807, 2.05) is 35.0 Å². The van der Waals surface area contributed by atoms with Gasteiger partial charge in [-0.25, -0.2) is 4.98 Å². The number of imidazole rings is 1. The van der Waals surface area contributed by atoms with Gasteiger partial charge in [0.25, 0.3) is 0 Å². The lowest BCUT2D eigenvalue weighted by Crippen LogP contribution is -1.89. The molecule has 94 valence electrons. The molecule has 4 heteroatoms. The fourth-order valence-corrected chi connectivity index (χ4v) is 1.99. The lowest BCUT2D eigenvalue weighted by Gasteiger charge is -1.99. The first-order chi connectivity index (χ1) is 9.36. The molecule has 0 spiro atoms. The summed E-state index contributed by atoms with van der Waals surface area (Å²) in [6, 6.07) is 14.2. The zero-order valence-corrected chi connectivity index (χ0v) is 10.7. The second kappa shape index (κ2) is 5.02. The Balaban J connectivity index is 1.93. The van der Waals surface area contributed by atoms with E-state index in [9.17, 15) is 0 Å². The fourth-order valence-electron chi connectivity index (χ4n) is 1.99. The summed E-state index contributed by atoms with van der Waals surface area (Å²) >= 11 is 0. The number of fused-ring (bicyclic) bond motifs is 1. The van der Waals surface area contributed by atoms with Crippen molar-refractivity contribution < 1.29 is 0 Å². The van der Waals surface area contributed by atoms with E-state index in [0.717, 1.165) is 17.6 Å². The molecular weight excluding hydrogens is 236 g/mol. The highest BCUT2D eigenvalue weighted by Crippen LogP contribution is 2.22. The van der Waals surface area contributed by atoms with Gasteiger partial charge >= 0.3 is 0 Å². The monoisotopic (exact) mass is 250 g/mol. The molecule has 4 nitrogen and oxygen atoms in total. The highest BCUT2D eigenvalue weighted by Gasteiger charge is 1.99. The molecule has 0 amide bonds. The number of aromatic nitrogens is 2. The Labute approximate surface area is 111 Å². The Hall–Kier alpha value is -2.49. The molecule has 0 radical (unpaired) electrons. The normalized spacial score (nSPS) is 11.4. The molecule has 0 aliphatic heterocycles. The quantitative estimate of drug-likeness (QED) is 0.632. The highest BCUT2D eigenvalue weighted by atomic mass is 15.3. The maximum absolute atomic E-state index is 4.25. The van der Waals surface area contributed by atoms with Crippen LogP contribution in [0, 0.1) is 0 Å². The molecule has 19 heavy (non-hydrogen) atoms. The average molecular weight is 250 g/mol. The van der Waals surface area contributed by atoms with E-state index < -0.39 is 0 Å². The molecule has 1 aromatic heterocycles. The van der Waals surface area contributed by atoms with Crippen LogP contribution in [0.5, 0.6) is 0 Å². The van der Waals surface area contributed by atoms with Gasteiger partial charge in [-0.15, -0.1) is 10.2 Å². The van der Waals surface area contributed by atoms with Crippen LogP contribution in [0.1, 0.15) is 6.92 Å². The van der Waals surface area contributed by atoms with Crippen molar-refractivity contribution in [3.05, 3.63) is 54.9 Å². The van der Waals surface area contributed by atoms with Crippen molar-refractivity contribution in [1.82, 2.24) is 9.55 Å². The molecule has 0 bridgehead atoms. The highest BCUT2D eigenvalue weighted by molar-refractivity contribution is 5.85. The molecular formula is C15H14N4. The summed E-state index contributed by atoms with van der Waals surface area (Å²) in [7, 11) is 0. The van der Waals surface area contributed by atoms with Crippen LogP contribution in [-0.2, 0) is 6.54 Å². The first-order valence-corrected chi connectivity index (χ1v) is 6.28. The van der Waals surface area contributed by atoms with E-state index in [1.165, 1.54) is 5.39 Å². The second-order valence-electron chi connectivity index (χ2n) is 4.24. The Morgan fingerprint density at radius 3 is 2.74 bits per heavy atom. The molecule has 0 aliphatic carbocycles. The Bertz CT molecular complexity index is 728. The van der Waals surface area contributed by atoms with Crippen LogP contribution in [0.25, 0.3) is 10.8 Å². The summed E-state index contributed by atoms with van der Waals surface area (Å²) in [5, 5.41) is 10.8. The van der Waals surface area contributed by atoms with Crippen LogP contribution in [-0.4, -0.2) is 9.55 Å². The molecule has 0 saturated carbocycles. The summed E-state index contributed by atoms with van der Waals surface area (Å²) in [5.41, 5.74) is 0.837. The van der Waals surface area contributed by atoms with Gasteiger partial charge in [0, 0.05) is 18.9 Å². The molecule has 3 rings (SSSR count). The minimum atomic E-state index is 0.635. The minimum Gasteiger partial charge on any atom is -0.315 e. The van der Waals surface area contributed by atoms with Gasteiger partial charge in [0.2, 0.25) is 5.95 Å². The molecule has 0 aliphatic rings. The number of aryl methyl sites for hydroxylation is 1. The smallest absolute Gasteiger partial charge is 0.249 e. The van der Waals surface area contributed by atoms with Crippen molar-refractivity contribution in [2.45, 2.75) is 13.5 Å². The average Bonchev–Trinajstić information content (AvgIpc) is 2.92. The van der Waals surface area contributed by atoms with E-state index >= 15 is 0 Å². The number of nitrogens with zero attached hydrogens (tertiary/aromatic N) is 4. The zero-order valence-electron chi connectivity index (χ0n) is 10.7. The maximum Gasteiger partial charge on any atom is 0.249 e. The van der Waals surface area contributed by atoms with Crippen molar-refractivity contribution in [2.75, 3.05) is 0 Å². The molecule has 0 unspecified atom stereocenters. The zero-order chi connectivity index (χ0) is 13.1. The molecule has 1 heterocycles. The van der Waals surface area contributed by atoms with E-state index in [0.29, 0.717) is 5.95 Å². The summed E-state index contributed by atoms with van der Waals surface area (Å²) < 4.78 is 1.95. The molecule has 2 aromatic carbocycles. The third-order valence-electron chi connectivity index (χ3n) is 3.02. The van der Waals surface area contributed by atoms with Gasteiger partial charge in [0.05, 0.1) is 5.69 Å². The number of hydrogen-bond donors (Lipinski definition) is 0. The summed E-state index contributed by atoms with van der Waals surface area (Å²) in [6.07, 6.45) is 3.63. The molecule has 3 aromatic rings. The number of hydrogen-bond acceptors (Lipinski definition) is 3. The van der Waals surface area contributed by atoms with Crippen LogP contribution in [0.15, 0.2) is 65.1 Å². The van der Waals surface area contributed by atoms with Crippen LogP contribution >= 0.6 is 0 Å². The first-order valence-electron chi connectivity index (χ1n) is 6.28. The van der Waals surface area contributed by atoms with Crippen LogP contribution < -0.4 is 0 Å². The first kappa shape index (κ1) is 11.6. The van der Waals surface area contributed by atoms with Crippen LogP contribution in [0.3, 0.4) is 0 Å². The van der Waals surface area contributed by atoms with Crippen molar-refractivity contribution in [2.24, 2.45) is 10.2 Å². The predicted molar refractivity (Wildman–Crippen MR) is 76.0 cm³/mol. The number of azo groups is 1. The standard InChI is InChI=1S/C15H14N4/c1-2-19-10-9-16-15(19)18-17-14-8-7-12-5-3-4-6-13(12)11-14/h3-11H,2H2,1H3. The Kier molecular flexibility index (Phi) is 3.06. The Morgan fingerprint density at radius 1 is 1.05 bits per heavy atom. The predicted octanol–water partition coefficient (Wildman–Crippen LogP) is 4.47. The van der Waals surface area contributed by atoms with Crippen molar-refractivity contribution in [3.8, 4) is 0 Å². The number of rotatable bonds is 3. The Morgan fingerprint density at radius 2 is 1.89 bits per heavy atom. The van der Waals surface area contributed by atoms with E-state index in [4.69, 9.17) is 0 Å². The van der Waals surface area contributed by atoms with E-state index in [1.54, 1.807) is 6.20 Å². The molecule has 0 fully saturated rings. The largest absolute Gasteiger partial charge is 0.315 e. The maximum atomic E-state index is 4.25. The van der Waals surface area contributed by atoms with Crippen molar-refractivity contribution in [3.63, 3.8) is 0 Å². The summed E-state index contributed by atoms with van der Waals surface area (Å²) in [6.45, 7) is 2.89. The van der Waals surface area contributed by atoms with Gasteiger partial charge in [-0.05, 0) is 29.8 Å². The van der Waals surface area contributed by atoms with Crippen molar-refractivity contribution >= 4 is 22.4 Å². The fraction of sp³-hybridized carbons (Fsp3) is 0.133. The third-order valence-corrected chi connectivity index (χ3v) is 3.02.